The Balaban J connectivity index is 2.63. The second-order valence-corrected chi connectivity index (χ2v) is 4.23. The molecule has 5 heteroatoms. The van der Waals surface area contributed by atoms with E-state index in [-0.39, 0.29) is 5.78 Å². The van der Waals surface area contributed by atoms with E-state index in [4.69, 9.17) is 9.47 Å². The van der Waals surface area contributed by atoms with Crippen molar-refractivity contribution in [2.75, 3.05) is 26.2 Å². The van der Waals surface area contributed by atoms with Gasteiger partial charge in [0.1, 0.15) is 5.75 Å². The molecule has 0 spiro atoms. The van der Waals surface area contributed by atoms with Crippen molar-refractivity contribution in [3.8, 4) is 5.75 Å². The van der Waals surface area contributed by atoms with E-state index in [0.29, 0.717) is 17.0 Å². The average Bonchev–Trinajstić information content (AvgIpc) is 2.67. The molecule has 1 aliphatic rings. The molecule has 1 aliphatic heterocycles. The van der Waals surface area contributed by atoms with Crippen LogP contribution in [0.5, 0.6) is 5.75 Å². The fourth-order valence-corrected chi connectivity index (χ4v) is 2.36. The smallest absolute Gasteiger partial charge is 0.344 e. The first-order valence-electron chi connectivity index (χ1n) is 5.71. The minimum absolute atomic E-state index is 0.356. The maximum absolute atomic E-state index is 12.6. The zero-order valence-corrected chi connectivity index (χ0v) is 11.1. The van der Waals surface area contributed by atoms with Crippen LogP contribution in [0, 0.1) is 0 Å². The maximum Gasteiger partial charge on any atom is 0.344 e. The van der Waals surface area contributed by atoms with E-state index in [1.165, 1.54) is 20.3 Å². The number of methoxy groups -OCH3 is 2. The van der Waals surface area contributed by atoms with Crippen molar-refractivity contribution >= 4 is 17.4 Å². The van der Waals surface area contributed by atoms with Gasteiger partial charge in [-0.2, -0.15) is 0 Å². The highest BCUT2D eigenvalue weighted by molar-refractivity contribution is 6.26. The molecule has 0 saturated heterocycles. The van der Waals surface area contributed by atoms with Crippen LogP contribution in [0.25, 0.3) is 0 Å². The van der Waals surface area contributed by atoms with Crippen molar-refractivity contribution in [1.82, 2.24) is 0 Å². The Bertz CT molecular complexity index is 567. The number of Topliss-reactive ketones (excluding diaryl/α,β-unsaturated/α-hetero) is 1. The number of nitrogens with zero attached hydrogens (tertiary/aromatic N) is 1. The van der Waals surface area contributed by atoms with Gasteiger partial charge in [-0.15, -0.1) is 0 Å². The normalized spacial score (nSPS) is 21.0. The number of hydrogen-bond donors (Lipinski definition) is 0. The Morgan fingerprint density at radius 3 is 2.63 bits per heavy atom. The highest BCUT2D eigenvalue weighted by atomic mass is 16.5. The third kappa shape index (κ3) is 1.54. The molecule has 0 N–H and O–H groups in total. The van der Waals surface area contributed by atoms with E-state index >= 15 is 0 Å². The van der Waals surface area contributed by atoms with Crippen molar-refractivity contribution < 1.29 is 19.1 Å². The fourth-order valence-electron chi connectivity index (χ4n) is 2.36. The topological polar surface area (TPSA) is 55.8 Å². The Hall–Kier alpha value is -2.30. The lowest BCUT2D eigenvalue weighted by molar-refractivity contribution is -0.143. The van der Waals surface area contributed by atoms with Gasteiger partial charge in [-0.3, -0.25) is 4.79 Å². The molecule has 0 fully saturated rings. The monoisotopic (exact) mass is 261 g/mol. The van der Waals surface area contributed by atoms with Crippen LogP contribution < -0.4 is 9.64 Å². The second-order valence-electron chi connectivity index (χ2n) is 4.23. The standard InChI is InChI=1S/C14H15NO4/c1-5-14(13(17)19-4)12(16)10-8-9(18-3)6-7-11(10)15(14)2/h5-8H,1H2,2-4H3. The number of rotatable bonds is 3. The lowest BCUT2D eigenvalue weighted by Crippen LogP contribution is -2.54. The first-order valence-corrected chi connectivity index (χ1v) is 5.71. The summed E-state index contributed by atoms with van der Waals surface area (Å²) < 4.78 is 9.85. The van der Waals surface area contributed by atoms with Gasteiger partial charge in [0.2, 0.25) is 11.3 Å². The summed E-state index contributed by atoms with van der Waals surface area (Å²) >= 11 is 0. The van der Waals surface area contributed by atoms with Crippen LogP contribution in [0.4, 0.5) is 5.69 Å². The largest absolute Gasteiger partial charge is 0.497 e. The Kier molecular flexibility index (Phi) is 3.06. The van der Waals surface area contributed by atoms with Crippen LogP contribution in [-0.4, -0.2) is 38.6 Å². The molecule has 0 amide bonds. The first kappa shape index (κ1) is 13.1. The Labute approximate surface area is 111 Å². The molecule has 5 nitrogen and oxygen atoms in total. The SMILES string of the molecule is C=CC1(C(=O)OC)C(=O)c2cc(OC)ccc2N1C. The molecule has 2 rings (SSSR count). The van der Waals surface area contributed by atoms with E-state index in [1.807, 2.05) is 0 Å². The molecule has 1 unspecified atom stereocenters. The predicted octanol–water partition coefficient (Wildman–Crippen LogP) is 1.43. The maximum atomic E-state index is 12.6. The highest BCUT2D eigenvalue weighted by Gasteiger charge is 2.54. The molecule has 1 heterocycles. The molecule has 0 aliphatic carbocycles. The minimum Gasteiger partial charge on any atom is -0.497 e. The summed E-state index contributed by atoms with van der Waals surface area (Å²) in [6.07, 6.45) is 1.31. The summed E-state index contributed by atoms with van der Waals surface area (Å²) in [5.41, 5.74) is -0.424. The number of ketones is 1. The van der Waals surface area contributed by atoms with Gasteiger partial charge in [-0.1, -0.05) is 6.58 Å². The molecular formula is C14H15NO4. The predicted molar refractivity (Wildman–Crippen MR) is 70.7 cm³/mol. The molecule has 100 valence electrons. The summed E-state index contributed by atoms with van der Waals surface area (Å²) in [4.78, 5) is 26.2. The van der Waals surface area contributed by atoms with Crippen molar-refractivity contribution in [1.29, 1.82) is 0 Å². The number of benzene rings is 1. The van der Waals surface area contributed by atoms with Crippen LogP contribution in [0.15, 0.2) is 30.9 Å². The van der Waals surface area contributed by atoms with Crippen molar-refractivity contribution in [2.45, 2.75) is 5.54 Å². The summed E-state index contributed by atoms with van der Waals surface area (Å²) in [5.74, 6) is -0.443. The van der Waals surface area contributed by atoms with E-state index < -0.39 is 11.5 Å². The fraction of sp³-hybridized carbons (Fsp3) is 0.286. The Morgan fingerprint density at radius 2 is 2.11 bits per heavy atom. The molecule has 19 heavy (non-hydrogen) atoms. The molecule has 1 aromatic rings. The van der Waals surface area contributed by atoms with Crippen LogP contribution in [0.1, 0.15) is 10.4 Å². The zero-order chi connectivity index (χ0) is 14.2. The third-order valence-corrected chi connectivity index (χ3v) is 3.48. The van der Waals surface area contributed by atoms with Crippen LogP contribution in [0.2, 0.25) is 0 Å². The molecule has 0 radical (unpaired) electrons. The van der Waals surface area contributed by atoms with Gasteiger partial charge in [0.05, 0.1) is 14.2 Å². The number of carbonyl (C=O) groups excluding carboxylic acids is 2. The van der Waals surface area contributed by atoms with E-state index in [0.717, 1.165) is 0 Å². The van der Waals surface area contributed by atoms with E-state index in [2.05, 4.69) is 6.58 Å². The molecule has 0 bridgehead atoms. The molecule has 0 aromatic heterocycles. The highest BCUT2D eigenvalue weighted by Crippen LogP contribution is 2.40. The number of likely N-dealkylation sites (N-methyl/N-ethyl adjacent to an activating group) is 1. The number of fused-ring (bicyclic) bond motifs is 1. The van der Waals surface area contributed by atoms with Crippen molar-refractivity contribution in [3.63, 3.8) is 0 Å². The van der Waals surface area contributed by atoms with Gasteiger partial charge in [-0.05, 0) is 24.3 Å². The summed E-state index contributed by atoms with van der Waals surface area (Å²) in [6, 6.07) is 5.08. The number of anilines is 1. The zero-order valence-electron chi connectivity index (χ0n) is 11.1. The van der Waals surface area contributed by atoms with Gasteiger partial charge in [0.15, 0.2) is 0 Å². The molecule has 1 aromatic carbocycles. The van der Waals surface area contributed by atoms with Crippen LogP contribution in [-0.2, 0) is 9.53 Å². The van der Waals surface area contributed by atoms with Gasteiger partial charge < -0.3 is 14.4 Å². The summed E-state index contributed by atoms with van der Waals surface area (Å²) in [5, 5.41) is 0. The number of hydrogen-bond acceptors (Lipinski definition) is 5. The average molecular weight is 261 g/mol. The van der Waals surface area contributed by atoms with Crippen molar-refractivity contribution in [2.24, 2.45) is 0 Å². The number of carbonyl (C=O) groups is 2. The molecule has 1 atom stereocenters. The lowest BCUT2D eigenvalue weighted by atomic mass is 9.93. The second kappa shape index (κ2) is 4.42. The number of ether oxygens (including phenoxy) is 2. The van der Waals surface area contributed by atoms with Gasteiger partial charge in [-0.25, -0.2) is 4.79 Å². The van der Waals surface area contributed by atoms with Gasteiger partial charge >= 0.3 is 5.97 Å². The van der Waals surface area contributed by atoms with Gasteiger partial charge in [0.25, 0.3) is 0 Å². The molecular weight excluding hydrogens is 246 g/mol. The summed E-state index contributed by atoms with van der Waals surface area (Å²) in [7, 11) is 4.43. The third-order valence-electron chi connectivity index (χ3n) is 3.48. The van der Waals surface area contributed by atoms with E-state index in [9.17, 15) is 9.59 Å². The summed E-state index contributed by atoms with van der Waals surface area (Å²) in [6.45, 7) is 3.62. The Morgan fingerprint density at radius 1 is 1.42 bits per heavy atom. The number of esters is 1. The van der Waals surface area contributed by atoms with Crippen molar-refractivity contribution in [3.05, 3.63) is 36.4 Å². The molecule has 0 saturated carbocycles. The van der Waals surface area contributed by atoms with Crippen LogP contribution in [0.3, 0.4) is 0 Å². The van der Waals surface area contributed by atoms with Crippen LogP contribution >= 0.6 is 0 Å². The quantitative estimate of drug-likeness (QED) is 0.468. The minimum atomic E-state index is -1.50. The van der Waals surface area contributed by atoms with Gasteiger partial charge in [0, 0.05) is 18.3 Å². The first-order chi connectivity index (χ1) is 9.02. The lowest BCUT2D eigenvalue weighted by Gasteiger charge is -2.30. The van der Waals surface area contributed by atoms with E-state index in [1.54, 1.807) is 30.1 Å².